The van der Waals surface area contributed by atoms with Gasteiger partial charge in [-0.25, -0.2) is 10.9 Å². The number of aromatic nitrogens is 1. The average Bonchev–Trinajstić information content (AvgIpc) is 3.16. The largest absolute Gasteiger partial charge is 0.370 e. The minimum atomic E-state index is -0.228. The lowest BCUT2D eigenvalue weighted by Crippen LogP contribution is -2.45. The van der Waals surface area contributed by atoms with Crippen LogP contribution in [0.3, 0.4) is 0 Å². The van der Waals surface area contributed by atoms with Gasteiger partial charge >= 0.3 is 0 Å². The fraction of sp³-hybridized carbons (Fsp3) is 0.400. The van der Waals surface area contributed by atoms with Crippen molar-refractivity contribution in [1.29, 1.82) is 0 Å². The van der Waals surface area contributed by atoms with Crippen molar-refractivity contribution in [1.82, 2.24) is 21.2 Å². The Balaban J connectivity index is 1.47. The first-order valence-electron chi connectivity index (χ1n) is 9.17. The molecule has 2 atom stereocenters. The van der Waals surface area contributed by atoms with E-state index < -0.39 is 0 Å². The molecule has 138 valence electrons. The van der Waals surface area contributed by atoms with Gasteiger partial charge in [-0.3, -0.25) is 9.78 Å². The Morgan fingerprint density at radius 2 is 2.19 bits per heavy atom. The van der Waals surface area contributed by atoms with Gasteiger partial charge < -0.3 is 10.2 Å². The van der Waals surface area contributed by atoms with Crippen molar-refractivity contribution in [2.45, 2.75) is 32.4 Å². The summed E-state index contributed by atoms with van der Waals surface area (Å²) >= 11 is 0. The Labute approximate surface area is 155 Å². The van der Waals surface area contributed by atoms with Gasteiger partial charge in [-0.2, -0.15) is 0 Å². The summed E-state index contributed by atoms with van der Waals surface area (Å²) in [6.07, 6.45) is 4.30. The summed E-state index contributed by atoms with van der Waals surface area (Å²) in [4.78, 5) is 18.8. The van der Waals surface area contributed by atoms with Crippen LogP contribution in [0.25, 0.3) is 0 Å². The van der Waals surface area contributed by atoms with Gasteiger partial charge in [-0.15, -0.1) is 0 Å². The van der Waals surface area contributed by atoms with Crippen LogP contribution < -0.4 is 21.1 Å². The van der Waals surface area contributed by atoms with Crippen molar-refractivity contribution in [2.75, 3.05) is 24.5 Å². The molecule has 6 nitrogen and oxygen atoms in total. The number of anilines is 1. The average molecular weight is 353 g/mol. The van der Waals surface area contributed by atoms with Crippen LogP contribution in [0.1, 0.15) is 30.5 Å². The molecule has 1 fully saturated rings. The summed E-state index contributed by atoms with van der Waals surface area (Å²) < 4.78 is 0. The summed E-state index contributed by atoms with van der Waals surface area (Å²) in [6.45, 7) is 6.54. The maximum Gasteiger partial charge on any atom is 0.238 e. The summed E-state index contributed by atoms with van der Waals surface area (Å²) in [5.74, 6) is 0.0317. The van der Waals surface area contributed by atoms with E-state index in [4.69, 9.17) is 0 Å². The lowest BCUT2D eigenvalue weighted by Gasteiger charge is -2.24. The first kappa shape index (κ1) is 18.4. The molecule has 3 N–H and O–H groups in total. The smallest absolute Gasteiger partial charge is 0.238 e. The molecule has 0 saturated carbocycles. The Morgan fingerprint density at radius 1 is 1.31 bits per heavy atom. The molecule has 1 amide bonds. The van der Waals surface area contributed by atoms with Gasteiger partial charge in [0.25, 0.3) is 0 Å². The van der Waals surface area contributed by atoms with E-state index in [2.05, 4.69) is 64.2 Å². The number of amides is 1. The van der Waals surface area contributed by atoms with Crippen molar-refractivity contribution < 1.29 is 4.79 Å². The summed E-state index contributed by atoms with van der Waals surface area (Å²) in [6, 6.07) is 12.3. The molecule has 0 aliphatic carbocycles. The highest BCUT2D eigenvalue weighted by molar-refractivity contribution is 5.82. The highest BCUT2D eigenvalue weighted by Gasteiger charge is 2.29. The normalized spacial score (nSPS) is 19.3. The van der Waals surface area contributed by atoms with E-state index in [9.17, 15) is 4.79 Å². The fourth-order valence-corrected chi connectivity index (χ4v) is 3.26. The third-order valence-electron chi connectivity index (χ3n) is 4.74. The van der Waals surface area contributed by atoms with Crippen LogP contribution in [-0.4, -0.2) is 36.6 Å². The summed E-state index contributed by atoms with van der Waals surface area (Å²) in [5, 5.41) is 3.05. The lowest BCUT2D eigenvalue weighted by molar-refractivity contribution is -0.122. The minimum absolute atomic E-state index is 0.0317. The molecule has 2 aromatic rings. The third kappa shape index (κ3) is 4.59. The molecule has 1 aliphatic rings. The van der Waals surface area contributed by atoms with Crippen LogP contribution >= 0.6 is 0 Å². The van der Waals surface area contributed by atoms with Crippen LogP contribution in [0.2, 0.25) is 0 Å². The highest BCUT2D eigenvalue weighted by Crippen LogP contribution is 2.21. The SMILES string of the molecule is CCN(CCNC(=O)C1CC(c2cccnc2)NN1)c1cccc(C)c1. The number of nitrogens with one attached hydrogen (secondary N) is 3. The van der Waals surface area contributed by atoms with Crippen LogP contribution in [0.5, 0.6) is 0 Å². The van der Waals surface area contributed by atoms with Crippen LogP contribution in [0.15, 0.2) is 48.8 Å². The van der Waals surface area contributed by atoms with Crippen molar-refractivity contribution in [3.63, 3.8) is 0 Å². The van der Waals surface area contributed by atoms with Gasteiger partial charge in [0, 0.05) is 43.8 Å². The molecule has 1 aliphatic heterocycles. The number of likely N-dealkylation sites (N-methyl/N-ethyl adjacent to an activating group) is 1. The zero-order valence-corrected chi connectivity index (χ0v) is 15.4. The molecule has 1 saturated heterocycles. The topological polar surface area (TPSA) is 69.3 Å². The number of hydrazine groups is 1. The molecule has 0 bridgehead atoms. The van der Waals surface area contributed by atoms with Gasteiger partial charge in [0.05, 0.1) is 0 Å². The van der Waals surface area contributed by atoms with E-state index in [0.717, 1.165) is 18.7 Å². The molecule has 3 rings (SSSR count). The van der Waals surface area contributed by atoms with Gasteiger partial charge in [0.2, 0.25) is 5.91 Å². The van der Waals surface area contributed by atoms with Gasteiger partial charge in [0.1, 0.15) is 6.04 Å². The van der Waals surface area contributed by atoms with Gasteiger partial charge in [-0.1, -0.05) is 18.2 Å². The zero-order chi connectivity index (χ0) is 18.4. The number of nitrogens with zero attached hydrogens (tertiary/aromatic N) is 2. The molecule has 1 aromatic carbocycles. The third-order valence-corrected chi connectivity index (χ3v) is 4.74. The molecular formula is C20H27N5O. The minimum Gasteiger partial charge on any atom is -0.370 e. The van der Waals surface area contributed by atoms with E-state index in [1.54, 1.807) is 6.20 Å². The standard InChI is InChI=1S/C20H27N5O/c1-3-25(17-8-4-6-15(2)12-17)11-10-22-20(26)19-13-18(23-24-19)16-7-5-9-21-14-16/h4-9,12,14,18-19,23-24H,3,10-11,13H2,1-2H3,(H,22,26). The van der Waals surface area contributed by atoms with E-state index in [1.807, 2.05) is 18.3 Å². The molecular weight excluding hydrogens is 326 g/mol. The second kappa shape index (κ2) is 8.78. The van der Waals surface area contributed by atoms with E-state index in [1.165, 1.54) is 11.3 Å². The number of pyridine rings is 1. The van der Waals surface area contributed by atoms with Gasteiger partial charge in [-0.05, 0) is 49.6 Å². The van der Waals surface area contributed by atoms with Crippen molar-refractivity contribution in [2.24, 2.45) is 0 Å². The number of benzene rings is 1. The van der Waals surface area contributed by atoms with Gasteiger partial charge in [0.15, 0.2) is 0 Å². The number of rotatable bonds is 7. The number of carbonyl (C=O) groups excluding carboxylic acids is 1. The Hall–Kier alpha value is -2.44. The molecule has 26 heavy (non-hydrogen) atoms. The Bertz CT molecular complexity index is 721. The molecule has 6 heteroatoms. The Kier molecular flexibility index (Phi) is 6.20. The first-order valence-corrected chi connectivity index (χ1v) is 9.17. The monoisotopic (exact) mass is 353 g/mol. The molecule has 0 spiro atoms. The Morgan fingerprint density at radius 3 is 2.92 bits per heavy atom. The highest BCUT2D eigenvalue weighted by atomic mass is 16.2. The predicted octanol–water partition coefficient (Wildman–Crippen LogP) is 1.94. The predicted molar refractivity (Wildman–Crippen MR) is 104 cm³/mol. The first-order chi connectivity index (χ1) is 12.7. The quantitative estimate of drug-likeness (QED) is 0.710. The lowest BCUT2D eigenvalue weighted by atomic mass is 10.0. The second-order valence-corrected chi connectivity index (χ2v) is 6.63. The molecule has 0 radical (unpaired) electrons. The van der Waals surface area contributed by atoms with E-state index in [-0.39, 0.29) is 18.0 Å². The maximum absolute atomic E-state index is 12.4. The van der Waals surface area contributed by atoms with Crippen LogP contribution in [0, 0.1) is 6.92 Å². The number of aryl methyl sites for hydroxylation is 1. The van der Waals surface area contributed by atoms with Crippen LogP contribution in [0.4, 0.5) is 5.69 Å². The van der Waals surface area contributed by atoms with E-state index in [0.29, 0.717) is 13.0 Å². The summed E-state index contributed by atoms with van der Waals surface area (Å²) in [7, 11) is 0. The molecule has 2 heterocycles. The summed E-state index contributed by atoms with van der Waals surface area (Å²) in [5.41, 5.74) is 9.80. The van der Waals surface area contributed by atoms with Crippen molar-refractivity contribution >= 4 is 11.6 Å². The maximum atomic E-state index is 12.4. The zero-order valence-electron chi connectivity index (χ0n) is 15.4. The second-order valence-electron chi connectivity index (χ2n) is 6.63. The molecule has 2 unspecified atom stereocenters. The number of hydrogen-bond donors (Lipinski definition) is 3. The van der Waals surface area contributed by atoms with E-state index >= 15 is 0 Å². The molecule has 1 aromatic heterocycles. The number of carbonyl (C=O) groups is 1. The van der Waals surface area contributed by atoms with Crippen molar-refractivity contribution in [3.8, 4) is 0 Å². The van der Waals surface area contributed by atoms with Crippen LogP contribution in [-0.2, 0) is 4.79 Å². The fourth-order valence-electron chi connectivity index (χ4n) is 3.26. The number of hydrogen-bond acceptors (Lipinski definition) is 5. The van der Waals surface area contributed by atoms with Crippen molar-refractivity contribution in [3.05, 3.63) is 59.9 Å².